The van der Waals surface area contributed by atoms with Gasteiger partial charge in [0, 0.05) is 13.1 Å². The smallest absolute Gasteiger partial charge is 0.338 e. The molecular formula is C24H28N4O4S. The van der Waals surface area contributed by atoms with Crippen LogP contribution >= 0.6 is 11.8 Å². The van der Waals surface area contributed by atoms with Crippen LogP contribution in [0.2, 0.25) is 0 Å². The molecule has 3 rings (SSSR count). The summed E-state index contributed by atoms with van der Waals surface area (Å²) < 4.78 is 13.0. The molecule has 1 aromatic carbocycles. The third kappa shape index (κ3) is 6.82. The van der Waals surface area contributed by atoms with Crippen LogP contribution in [0.15, 0.2) is 52.6 Å². The molecule has 0 saturated carbocycles. The summed E-state index contributed by atoms with van der Waals surface area (Å²) in [7, 11) is 1.80. The number of benzene rings is 1. The molecule has 0 aliphatic carbocycles. The van der Waals surface area contributed by atoms with Crippen molar-refractivity contribution >= 4 is 23.9 Å². The van der Waals surface area contributed by atoms with Crippen molar-refractivity contribution in [1.82, 2.24) is 14.8 Å². The van der Waals surface area contributed by atoms with Gasteiger partial charge in [-0.2, -0.15) is 5.10 Å². The van der Waals surface area contributed by atoms with E-state index >= 15 is 0 Å². The summed E-state index contributed by atoms with van der Waals surface area (Å²) in [6.07, 6.45) is 3.53. The number of carbonyl (C=O) groups is 1. The van der Waals surface area contributed by atoms with Crippen molar-refractivity contribution in [2.45, 2.75) is 44.9 Å². The van der Waals surface area contributed by atoms with Crippen molar-refractivity contribution in [3.63, 3.8) is 0 Å². The highest BCUT2D eigenvalue weighted by atomic mass is 32.2. The maximum Gasteiger partial charge on any atom is 0.338 e. The van der Waals surface area contributed by atoms with Gasteiger partial charge in [-0.25, -0.2) is 14.5 Å². The monoisotopic (exact) mass is 468 g/mol. The maximum absolute atomic E-state index is 12.1. The van der Waals surface area contributed by atoms with Crippen molar-refractivity contribution < 1.29 is 19.1 Å². The first-order valence-electron chi connectivity index (χ1n) is 10.4. The van der Waals surface area contributed by atoms with Crippen LogP contribution in [-0.4, -0.2) is 38.8 Å². The lowest BCUT2D eigenvalue weighted by Crippen LogP contribution is -2.23. The summed E-state index contributed by atoms with van der Waals surface area (Å²) in [5, 5.41) is 9.35. The van der Waals surface area contributed by atoms with E-state index in [0.29, 0.717) is 22.9 Å². The van der Waals surface area contributed by atoms with Crippen LogP contribution in [0.3, 0.4) is 0 Å². The van der Waals surface area contributed by atoms with Gasteiger partial charge in [-0.3, -0.25) is 0 Å². The van der Waals surface area contributed by atoms with Gasteiger partial charge in [-0.05, 0) is 57.7 Å². The number of esters is 1. The molecular weight excluding hydrogens is 440 g/mol. The van der Waals surface area contributed by atoms with E-state index in [9.17, 15) is 4.79 Å². The molecule has 0 aliphatic heterocycles. The van der Waals surface area contributed by atoms with Gasteiger partial charge < -0.3 is 14.3 Å². The number of thioether (sulfide) groups is 1. The highest BCUT2D eigenvalue weighted by Gasteiger charge is 2.18. The van der Waals surface area contributed by atoms with Crippen LogP contribution in [0.4, 0.5) is 0 Å². The van der Waals surface area contributed by atoms with Gasteiger partial charge in [0.05, 0.1) is 28.1 Å². The Labute approximate surface area is 197 Å². The fourth-order valence-corrected chi connectivity index (χ4v) is 3.26. The van der Waals surface area contributed by atoms with Gasteiger partial charge in [0.2, 0.25) is 11.8 Å². The third-order valence-electron chi connectivity index (χ3n) is 4.40. The van der Waals surface area contributed by atoms with Crippen LogP contribution in [-0.2, 0) is 23.2 Å². The Balaban J connectivity index is 1.63. The molecule has 33 heavy (non-hydrogen) atoms. The Bertz CT molecular complexity index is 1130. The molecule has 0 aliphatic rings. The lowest BCUT2D eigenvalue weighted by atomic mass is 10.1. The Hall–Kier alpha value is -3.33. The molecule has 3 aromatic rings. The van der Waals surface area contributed by atoms with E-state index < -0.39 is 5.60 Å². The molecule has 2 heterocycles. The Morgan fingerprint density at radius 3 is 2.58 bits per heavy atom. The van der Waals surface area contributed by atoms with E-state index in [1.165, 1.54) is 0 Å². The first-order chi connectivity index (χ1) is 15.7. The fourth-order valence-electron chi connectivity index (χ4n) is 2.86. The van der Waals surface area contributed by atoms with E-state index in [2.05, 4.69) is 15.2 Å². The number of pyridine rings is 1. The molecule has 0 radical (unpaired) electrons. The molecule has 9 heteroatoms. The topological polar surface area (TPSA) is 87.8 Å². The number of ether oxygens (including phenoxy) is 2. The lowest BCUT2D eigenvalue weighted by Gasteiger charge is -2.19. The first-order valence-corrected chi connectivity index (χ1v) is 11.6. The molecule has 0 unspecified atom stereocenters. The number of carbonyl (C=O) groups excluding carboxylic acids is 1. The van der Waals surface area contributed by atoms with Crippen molar-refractivity contribution in [3.05, 3.63) is 64.8 Å². The SMILES string of the molecule is CSc1cccc(Oc2c(/C=N/OCc3ccc(C(=O)OC(C)(C)C)cc3)c(C)nn2C)n1. The van der Waals surface area contributed by atoms with E-state index in [1.54, 1.807) is 47.9 Å². The van der Waals surface area contributed by atoms with Crippen LogP contribution in [0.1, 0.15) is 48.0 Å². The van der Waals surface area contributed by atoms with Crippen molar-refractivity contribution in [1.29, 1.82) is 0 Å². The zero-order valence-electron chi connectivity index (χ0n) is 19.7. The van der Waals surface area contributed by atoms with E-state index in [1.807, 2.05) is 58.2 Å². The number of rotatable bonds is 8. The molecule has 2 aromatic heterocycles. The largest absolute Gasteiger partial charge is 0.456 e. The average molecular weight is 469 g/mol. The zero-order valence-corrected chi connectivity index (χ0v) is 20.5. The van der Waals surface area contributed by atoms with Gasteiger partial charge in [0.1, 0.15) is 12.2 Å². The van der Waals surface area contributed by atoms with E-state index in [-0.39, 0.29) is 12.6 Å². The highest BCUT2D eigenvalue weighted by molar-refractivity contribution is 7.98. The summed E-state index contributed by atoms with van der Waals surface area (Å²) in [5.41, 5.74) is 2.28. The Morgan fingerprint density at radius 1 is 1.18 bits per heavy atom. The third-order valence-corrected chi connectivity index (χ3v) is 5.04. The fraction of sp³-hybridized carbons (Fsp3) is 0.333. The van der Waals surface area contributed by atoms with Gasteiger partial charge in [0.15, 0.2) is 0 Å². The van der Waals surface area contributed by atoms with Crippen LogP contribution in [0, 0.1) is 6.92 Å². The van der Waals surface area contributed by atoms with Gasteiger partial charge in [0.25, 0.3) is 0 Å². The van der Waals surface area contributed by atoms with Gasteiger partial charge in [-0.15, -0.1) is 11.8 Å². The van der Waals surface area contributed by atoms with Crippen LogP contribution in [0.25, 0.3) is 0 Å². The number of hydrogen-bond acceptors (Lipinski definition) is 8. The highest BCUT2D eigenvalue weighted by Crippen LogP contribution is 2.26. The molecule has 0 atom stereocenters. The second kappa shape index (κ2) is 10.5. The molecule has 8 nitrogen and oxygen atoms in total. The molecule has 174 valence electrons. The number of oxime groups is 1. The first kappa shape index (κ1) is 24.3. The molecule has 0 amide bonds. The second-order valence-electron chi connectivity index (χ2n) is 8.25. The summed E-state index contributed by atoms with van der Waals surface area (Å²) >= 11 is 1.54. The number of aryl methyl sites for hydroxylation is 2. The summed E-state index contributed by atoms with van der Waals surface area (Å²) in [5.74, 6) is 0.642. The van der Waals surface area contributed by atoms with Gasteiger partial charge in [-0.1, -0.05) is 23.4 Å². The molecule has 0 saturated heterocycles. The van der Waals surface area contributed by atoms with Gasteiger partial charge >= 0.3 is 5.97 Å². The summed E-state index contributed by atoms with van der Waals surface area (Å²) in [4.78, 5) is 22.0. The zero-order chi connectivity index (χ0) is 24.0. The van der Waals surface area contributed by atoms with Crippen LogP contribution in [0.5, 0.6) is 11.8 Å². The minimum absolute atomic E-state index is 0.248. The second-order valence-corrected chi connectivity index (χ2v) is 9.08. The molecule has 0 bridgehead atoms. The van der Waals surface area contributed by atoms with E-state index in [0.717, 1.165) is 16.3 Å². The average Bonchev–Trinajstić information content (AvgIpc) is 3.03. The predicted octanol–water partition coefficient (Wildman–Crippen LogP) is 5.14. The standard InChI is InChI=1S/C24H28N4O4S/c1-16-19(22(28(5)27-16)31-20-8-7-9-21(26-20)33-6)14-25-30-15-17-10-12-18(13-11-17)23(29)32-24(2,3)4/h7-14H,15H2,1-6H3/b25-14+. The normalized spacial score (nSPS) is 11.6. The lowest BCUT2D eigenvalue weighted by molar-refractivity contribution is 0.00694. The van der Waals surface area contributed by atoms with E-state index in [4.69, 9.17) is 14.3 Å². The maximum atomic E-state index is 12.1. The quantitative estimate of drug-likeness (QED) is 0.196. The predicted molar refractivity (Wildman–Crippen MR) is 128 cm³/mol. The molecule has 0 N–H and O–H groups in total. The summed E-state index contributed by atoms with van der Waals surface area (Å²) in [6.45, 7) is 7.63. The Morgan fingerprint density at radius 2 is 1.91 bits per heavy atom. The van der Waals surface area contributed by atoms with Crippen molar-refractivity contribution in [3.8, 4) is 11.8 Å². The van der Waals surface area contributed by atoms with Crippen molar-refractivity contribution in [2.75, 3.05) is 6.26 Å². The van der Waals surface area contributed by atoms with Crippen LogP contribution < -0.4 is 4.74 Å². The number of aromatic nitrogens is 3. The number of hydrogen-bond donors (Lipinski definition) is 0. The summed E-state index contributed by atoms with van der Waals surface area (Å²) in [6, 6.07) is 12.6. The minimum atomic E-state index is -0.533. The minimum Gasteiger partial charge on any atom is -0.456 e. The molecule has 0 spiro atoms. The van der Waals surface area contributed by atoms with Crippen molar-refractivity contribution in [2.24, 2.45) is 12.2 Å². The molecule has 0 fully saturated rings. The number of nitrogens with zero attached hydrogens (tertiary/aromatic N) is 4. The Kier molecular flexibility index (Phi) is 7.75.